The molecule has 0 aliphatic rings. The summed E-state index contributed by atoms with van der Waals surface area (Å²) in [6.07, 6.45) is 2.76. The Hall–Kier alpha value is -1.79. The first-order valence-electron chi connectivity index (χ1n) is 6.11. The molecule has 0 saturated carbocycles. The number of nitrogens with two attached hydrogens (primary N) is 1. The number of imidazole rings is 1. The quantitative estimate of drug-likeness (QED) is 0.781. The van der Waals surface area contributed by atoms with Crippen molar-refractivity contribution in [3.05, 3.63) is 52.8 Å². The normalized spacial score (nSPS) is 12.8. The van der Waals surface area contributed by atoms with E-state index in [2.05, 4.69) is 25.9 Å². The van der Waals surface area contributed by atoms with Gasteiger partial charge in [0.2, 0.25) is 0 Å². The summed E-state index contributed by atoms with van der Waals surface area (Å²) in [7, 11) is 0. The van der Waals surface area contributed by atoms with Crippen LogP contribution in [0.4, 0.5) is 4.39 Å². The van der Waals surface area contributed by atoms with E-state index in [1.54, 1.807) is 6.20 Å². The lowest BCUT2D eigenvalue weighted by molar-refractivity contribution is 0.618. The molecule has 2 aromatic heterocycles. The minimum Gasteiger partial charge on any atom is -0.322 e. The number of nitrogens with zero attached hydrogens (tertiary/aromatic N) is 3. The number of hydrogen-bond donors (Lipinski definition) is 1. The molecule has 1 unspecified atom stereocenters. The predicted molar refractivity (Wildman–Crippen MR) is 79.1 cm³/mol. The van der Waals surface area contributed by atoms with Crippen molar-refractivity contribution < 1.29 is 4.39 Å². The zero-order valence-corrected chi connectivity index (χ0v) is 12.3. The average molecular weight is 335 g/mol. The molecular formula is C14H12BrFN4. The van der Waals surface area contributed by atoms with Gasteiger partial charge < -0.3 is 5.73 Å². The van der Waals surface area contributed by atoms with Crippen LogP contribution in [0.3, 0.4) is 0 Å². The molecule has 0 aliphatic heterocycles. The van der Waals surface area contributed by atoms with E-state index in [0.717, 1.165) is 15.5 Å². The fraction of sp³-hybridized carbons (Fsp3) is 0.143. The third-order valence-corrected chi connectivity index (χ3v) is 3.65. The largest absolute Gasteiger partial charge is 0.322 e. The molecule has 0 aliphatic carbocycles. The standard InChI is InChI=1S/C14H12BrFN4/c1-8(17)14-19-12-4-2-3-11(15)13(12)20(14)10-5-9(16)6-18-7-10/h2-8H,17H2,1H3. The Bertz CT molecular complexity index is 782. The highest BCUT2D eigenvalue weighted by Crippen LogP contribution is 2.29. The highest BCUT2D eigenvalue weighted by Gasteiger charge is 2.17. The van der Waals surface area contributed by atoms with Gasteiger partial charge in [0, 0.05) is 10.5 Å². The van der Waals surface area contributed by atoms with Gasteiger partial charge in [0.1, 0.15) is 11.6 Å². The Morgan fingerprint density at radius 3 is 2.85 bits per heavy atom. The van der Waals surface area contributed by atoms with Crippen LogP contribution in [0, 0.1) is 5.82 Å². The van der Waals surface area contributed by atoms with Crippen molar-refractivity contribution in [1.82, 2.24) is 14.5 Å². The molecule has 6 heteroatoms. The molecule has 1 aromatic carbocycles. The van der Waals surface area contributed by atoms with Gasteiger partial charge in [-0.15, -0.1) is 0 Å². The fourth-order valence-electron chi connectivity index (χ4n) is 2.19. The highest BCUT2D eigenvalue weighted by atomic mass is 79.9. The van der Waals surface area contributed by atoms with Gasteiger partial charge in [-0.3, -0.25) is 9.55 Å². The Kier molecular flexibility index (Phi) is 3.27. The first kappa shape index (κ1) is 13.2. The summed E-state index contributed by atoms with van der Waals surface area (Å²) in [5, 5.41) is 0. The smallest absolute Gasteiger partial charge is 0.143 e. The maximum Gasteiger partial charge on any atom is 0.143 e. The van der Waals surface area contributed by atoms with Gasteiger partial charge in [-0.2, -0.15) is 0 Å². The second kappa shape index (κ2) is 4.96. The van der Waals surface area contributed by atoms with E-state index in [0.29, 0.717) is 11.5 Å². The summed E-state index contributed by atoms with van der Waals surface area (Å²) in [5.74, 6) is 0.270. The maximum absolute atomic E-state index is 13.5. The highest BCUT2D eigenvalue weighted by molar-refractivity contribution is 9.10. The van der Waals surface area contributed by atoms with Gasteiger partial charge in [-0.25, -0.2) is 9.37 Å². The maximum atomic E-state index is 13.5. The number of benzene rings is 1. The van der Waals surface area contributed by atoms with Crippen molar-refractivity contribution >= 4 is 27.0 Å². The molecule has 3 aromatic rings. The van der Waals surface area contributed by atoms with Crippen molar-refractivity contribution in [2.45, 2.75) is 13.0 Å². The van der Waals surface area contributed by atoms with Crippen LogP contribution in [0.1, 0.15) is 18.8 Å². The van der Waals surface area contributed by atoms with E-state index in [1.807, 2.05) is 29.7 Å². The van der Waals surface area contributed by atoms with E-state index >= 15 is 0 Å². The third kappa shape index (κ3) is 2.10. The molecule has 0 amide bonds. The first-order valence-corrected chi connectivity index (χ1v) is 6.90. The van der Waals surface area contributed by atoms with Crippen LogP contribution in [-0.4, -0.2) is 14.5 Å². The molecule has 0 spiro atoms. The van der Waals surface area contributed by atoms with Crippen LogP contribution in [0.2, 0.25) is 0 Å². The summed E-state index contributed by atoms with van der Waals surface area (Å²) >= 11 is 3.51. The Labute approximate surface area is 123 Å². The molecule has 2 N–H and O–H groups in total. The lowest BCUT2D eigenvalue weighted by Gasteiger charge is -2.11. The van der Waals surface area contributed by atoms with Gasteiger partial charge in [0.15, 0.2) is 0 Å². The fourth-order valence-corrected chi connectivity index (χ4v) is 2.73. The van der Waals surface area contributed by atoms with Gasteiger partial charge in [-0.1, -0.05) is 6.07 Å². The number of rotatable bonds is 2. The minimum absolute atomic E-state index is 0.280. The topological polar surface area (TPSA) is 56.7 Å². The van der Waals surface area contributed by atoms with Crippen LogP contribution in [0.5, 0.6) is 0 Å². The molecule has 0 saturated heterocycles. The molecule has 1 atom stereocenters. The Morgan fingerprint density at radius 1 is 1.35 bits per heavy atom. The van der Waals surface area contributed by atoms with Crippen LogP contribution in [0.25, 0.3) is 16.7 Å². The van der Waals surface area contributed by atoms with Crippen LogP contribution >= 0.6 is 15.9 Å². The third-order valence-electron chi connectivity index (χ3n) is 3.01. The second-order valence-electron chi connectivity index (χ2n) is 4.56. The average Bonchev–Trinajstić information content (AvgIpc) is 2.80. The molecular weight excluding hydrogens is 323 g/mol. The number of halogens is 2. The Morgan fingerprint density at radius 2 is 2.15 bits per heavy atom. The first-order chi connectivity index (χ1) is 9.58. The lowest BCUT2D eigenvalue weighted by Crippen LogP contribution is -2.12. The summed E-state index contributed by atoms with van der Waals surface area (Å²) in [6.45, 7) is 1.85. The molecule has 0 bridgehead atoms. The zero-order valence-electron chi connectivity index (χ0n) is 10.7. The van der Waals surface area contributed by atoms with Crippen LogP contribution in [-0.2, 0) is 0 Å². The van der Waals surface area contributed by atoms with Crippen LogP contribution in [0.15, 0.2) is 41.1 Å². The van der Waals surface area contributed by atoms with Gasteiger partial charge in [-0.05, 0) is 35.0 Å². The summed E-state index contributed by atoms with van der Waals surface area (Å²) < 4.78 is 16.2. The molecule has 102 valence electrons. The Balaban J connectivity index is 2.40. The van der Waals surface area contributed by atoms with Crippen molar-refractivity contribution in [2.24, 2.45) is 5.73 Å². The SMILES string of the molecule is CC(N)c1nc2cccc(Br)c2n1-c1cncc(F)c1. The monoisotopic (exact) mass is 334 g/mol. The minimum atomic E-state index is -0.396. The summed E-state index contributed by atoms with van der Waals surface area (Å²) in [6, 6.07) is 6.85. The number of pyridine rings is 1. The molecule has 0 radical (unpaired) electrons. The molecule has 20 heavy (non-hydrogen) atoms. The van der Waals surface area contributed by atoms with E-state index in [4.69, 9.17) is 5.73 Å². The molecule has 3 rings (SSSR count). The number of hydrogen-bond acceptors (Lipinski definition) is 3. The van der Waals surface area contributed by atoms with Crippen molar-refractivity contribution in [3.8, 4) is 5.69 Å². The predicted octanol–water partition coefficient (Wildman–Crippen LogP) is 3.34. The number of para-hydroxylation sites is 1. The number of fused-ring (bicyclic) bond motifs is 1. The van der Waals surface area contributed by atoms with Crippen molar-refractivity contribution in [2.75, 3.05) is 0 Å². The van der Waals surface area contributed by atoms with Gasteiger partial charge >= 0.3 is 0 Å². The second-order valence-corrected chi connectivity index (χ2v) is 5.42. The van der Waals surface area contributed by atoms with E-state index in [9.17, 15) is 4.39 Å². The summed E-state index contributed by atoms with van der Waals surface area (Å²) in [4.78, 5) is 8.43. The summed E-state index contributed by atoms with van der Waals surface area (Å²) in [5.41, 5.74) is 8.25. The zero-order chi connectivity index (χ0) is 14.3. The van der Waals surface area contributed by atoms with Crippen molar-refractivity contribution in [3.63, 3.8) is 0 Å². The van der Waals surface area contributed by atoms with E-state index in [1.165, 1.54) is 12.3 Å². The molecule has 0 fully saturated rings. The van der Waals surface area contributed by atoms with Crippen molar-refractivity contribution in [1.29, 1.82) is 0 Å². The van der Waals surface area contributed by atoms with E-state index < -0.39 is 5.82 Å². The molecule has 4 nitrogen and oxygen atoms in total. The van der Waals surface area contributed by atoms with Crippen LogP contribution < -0.4 is 5.73 Å². The van der Waals surface area contributed by atoms with Gasteiger partial charge in [0.25, 0.3) is 0 Å². The van der Waals surface area contributed by atoms with E-state index in [-0.39, 0.29) is 6.04 Å². The lowest BCUT2D eigenvalue weighted by atomic mass is 10.3. The van der Waals surface area contributed by atoms with Gasteiger partial charge in [0.05, 0.1) is 35.2 Å². The molecule has 2 heterocycles. The number of aromatic nitrogens is 3.